The molecule has 0 unspecified atom stereocenters. The van der Waals surface area contributed by atoms with E-state index in [1.54, 1.807) is 6.07 Å². The number of halogens is 2. The molecule has 0 amide bonds. The zero-order valence-corrected chi connectivity index (χ0v) is 20.0. The summed E-state index contributed by atoms with van der Waals surface area (Å²) in [4.78, 5) is 10.5. The number of hydrogen-bond donors (Lipinski definition) is 3. The third-order valence-corrected chi connectivity index (χ3v) is 5.52. The minimum Gasteiger partial charge on any atom is -0.361 e. The zero-order chi connectivity index (χ0) is 19.8. The van der Waals surface area contributed by atoms with E-state index >= 15 is 0 Å². The van der Waals surface area contributed by atoms with Crippen LogP contribution in [-0.4, -0.2) is 55.1 Å². The molecule has 0 aliphatic carbocycles. The van der Waals surface area contributed by atoms with Crippen LogP contribution in [0.3, 0.4) is 0 Å². The van der Waals surface area contributed by atoms with Gasteiger partial charge in [-0.05, 0) is 81.9 Å². The lowest BCUT2D eigenvalue weighted by atomic mass is 9.97. The summed E-state index contributed by atoms with van der Waals surface area (Å²) in [6.45, 7) is 10.5. The van der Waals surface area contributed by atoms with Gasteiger partial charge in [-0.15, -0.1) is 24.0 Å². The van der Waals surface area contributed by atoms with Gasteiger partial charge in [-0.25, -0.2) is 4.39 Å². The van der Waals surface area contributed by atoms with E-state index in [9.17, 15) is 4.39 Å². The maximum Gasteiger partial charge on any atom is 0.191 e. The highest BCUT2D eigenvalue weighted by molar-refractivity contribution is 14.0. The number of H-pyrrole nitrogens is 1. The van der Waals surface area contributed by atoms with E-state index in [-0.39, 0.29) is 29.8 Å². The molecule has 0 saturated carbocycles. The Morgan fingerprint density at radius 1 is 1.24 bits per heavy atom. The molecular weight excluding hydrogens is 480 g/mol. The normalized spacial score (nSPS) is 16.0. The topological polar surface area (TPSA) is 55.4 Å². The maximum absolute atomic E-state index is 13.3. The lowest BCUT2D eigenvalue weighted by molar-refractivity contribution is 0.188. The summed E-state index contributed by atoms with van der Waals surface area (Å²) in [6, 6.07) is 4.91. The van der Waals surface area contributed by atoms with Crippen LogP contribution in [0.4, 0.5) is 4.39 Å². The van der Waals surface area contributed by atoms with Crippen LogP contribution in [0.5, 0.6) is 0 Å². The summed E-state index contributed by atoms with van der Waals surface area (Å²) in [5.74, 6) is 1.37. The van der Waals surface area contributed by atoms with E-state index < -0.39 is 0 Å². The van der Waals surface area contributed by atoms with Crippen molar-refractivity contribution in [2.45, 2.75) is 39.5 Å². The molecule has 7 heteroatoms. The first-order valence-corrected chi connectivity index (χ1v) is 10.7. The van der Waals surface area contributed by atoms with Crippen molar-refractivity contribution in [2.24, 2.45) is 10.9 Å². The van der Waals surface area contributed by atoms with Crippen LogP contribution >= 0.6 is 24.0 Å². The van der Waals surface area contributed by atoms with E-state index in [0.717, 1.165) is 42.9 Å². The van der Waals surface area contributed by atoms with Crippen molar-refractivity contribution >= 4 is 40.8 Å². The number of aliphatic imine (C=N–C) groups is 1. The van der Waals surface area contributed by atoms with E-state index in [1.165, 1.54) is 50.5 Å². The van der Waals surface area contributed by atoms with Gasteiger partial charge in [0.25, 0.3) is 0 Å². The second-order valence-electron chi connectivity index (χ2n) is 7.69. The fraction of sp³-hybridized carbons (Fsp3) is 0.591. The lowest BCUT2D eigenvalue weighted by Crippen LogP contribution is -2.39. The average molecular weight is 515 g/mol. The van der Waals surface area contributed by atoms with Gasteiger partial charge in [0.1, 0.15) is 5.82 Å². The molecule has 1 aromatic carbocycles. The Bertz CT molecular complexity index is 768. The maximum atomic E-state index is 13.3. The molecule has 5 nitrogen and oxygen atoms in total. The van der Waals surface area contributed by atoms with E-state index in [4.69, 9.17) is 4.99 Å². The van der Waals surface area contributed by atoms with E-state index in [1.807, 2.05) is 12.3 Å². The molecule has 0 spiro atoms. The summed E-state index contributed by atoms with van der Waals surface area (Å²) in [5, 5.41) is 7.88. The fourth-order valence-electron chi connectivity index (χ4n) is 3.95. The standard InChI is InChI=1S/C22H34FN5.HI/c1-3-11-28-12-8-17(9-13-28)15-27-22(24-4-2)25-10-7-18-16-26-21-14-19(23)5-6-20(18)21;/h5-6,14,16-17,26H,3-4,7-13,15H2,1-2H3,(H2,24,25,27);1H. The third-order valence-electron chi connectivity index (χ3n) is 5.52. The number of nitrogens with zero attached hydrogens (tertiary/aromatic N) is 2. The van der Waals surface area contributed by atoms with Crippen LogP contribution in [0.1, 0.15) is 38.7 Å². The quantitative estimate of drug-likeness (QED) is 0.282. The van der Waals surface area contributed by atoms with Crippen molar-refractivity contribution in [3.63, 3.8) is 0 Å². The molecule has 1 aliphatic heterocycles. The van der Waals surface area contributed by atoms with Gasteiger partial charge in [-0.1, -0.05) is 6.92 Å². The molecule has 1 aliphatic rings. The van der Waals surface area contributed by atoms with E-state index in [0.29, 0.717) is 5.92 Å². The number of likely N-dealkylation sites (tertiary alicyclic amines) is 1. The highest BCUT2D eigenvalue weighted by Crippen LogP contribution is 2.19. The molecule has 29 heavy (non-hydrogen) atoms. The van der Waals surface area contributed by atoms with Crippen molar-refractivity contribution < 1.29 is 4.39 Å². The smallest absolute Gasteiger partial charge is 0.191 e. The molecule has 3 rings (SSSR count). The van der Waals surface area contributed by atoms with Crippen molar-refractivity contribution in [3.05, 3.63) is 35.8 Å². The number of fused-ring (bicyclic) bond motifs is 1. The van der Waals surface area contributed by atoms with Crippen LogP contribution in [0.2, 0.25) is 0 Å². The summed E-state index contributed by atoms with van der Waals surface area (Å²) in [5.41, 5.74) is 2.05. The predicted octanol–water partition coefficient (Wildman–Crippen LogP) is 4.14. The molecule has 3 N–H and O–H groups in total. The first-order valence-electron chi connectivity index (χ1n) is 10.7. The minimum absolute atomic E-state index is 0. The monoisotopic (exact) mass is 515 g/mol. The molecule has 1 saturated heterocycles. The molecule has 1 fully saturated rings. The molecule has 0 bridgehead atoms. The second kappa shape index (κ2) is 12.4. The van der Waals surface area contributed by atoms with Crippen molar-refractivity contribution in [3.8, 4) is 0 Å². The average Bonchev–Trinajstić information content (AvgIpc) is 3.09. The molecule has 0 radical (unpaired) electrons. The summed E-state index contributed by atoms with van der Waals surface area (Å²) in [7, 11) is 0. The van der Waals surface area contributed by atoms with Crippen molar-refractivity contribution in [2.75, 3.05) is 39.3 Å². The fourth-order valence-corrected chi connectivity index (χ4v) is 3.95. The number of aromatic nitrogens is 1. The number of benzene rings is 1. The Balaban J connectivity index is 0.00000300. The minimum atomic E-state index is -0.207. The van der Waals surface area contributed by atoms with Gasteiger partial charge in [0.2, 0.25) is 0 Å². The number of nitrogens with one attached hydrogen (secondary N) is 3. The first-order chi connectivity index (χ1) is 13.7. The molecule has 2 heterocycles. The SMILES string of the molecule is CCCN1CCC(CN=C(NCC)NCCc2c[nH]c3cc(F)ccc23)CC1.I. The van der Waals surface area contributed by atoms with Gasteiger partial charge < -0.3 is 20.5 Å². The van der Waals surface area contributed by atoms with Gasteiger partial charge in [-0.2, -0.15) is 0 Å². The van der Waals surface area contributed by atoms with Crippen LogP contribution in [-0.2, 0) is 6.42 Å². The van der Waals surface area contributed by atoms with Crippen molar-refractivity contribution in [1.29, 1.82) is 0 Å². The molecular formula is C22H35FIN5. The van der Waals surface area contributed by atoms with Gasteiger partial charge in [-0.3, -0.25) is 4.99 Å². The summed E-state index contributed by atoms with van der Waals surface area (Å²) < 4.78 is 13.3. The highest BCUT2D eigenvalue weighted by atomic mass is 127. The molecule has 0 atom stereocenters. The molecule has 2 aromatic rings. The van der Waals surface area contributed by atoms with Crippen LogP contribution in [0.15, 0.2) is 29.4 Å². The molecule has 1 aromatic heterocycles. The first kappa shape index (κ1) is 23.9. The summed E-state index contributed by atoms with van der Waals surface area (Å²) in [6.07, 6.45) is 6.57. The Morgan fingerprint density at radius 2 is 2.03 bits per heavy atom. The lowest BCUT2D eigenvalue weighted by Gasteiger charge is -2.31. The highest BCUT2D eigenvalue weighted by Gasteiger charge is 2.18. The van der Waals surface area contributed by atoms with Gasteiger partial charge in [0, 0.05) is 36.7 Å². The largest absolute Gasteiger partial charge is 0.361 e. The van der Waals surface area contributed by atoms with Crippen LogP contribution < -0.4 is 10.6 Å². The Hall–Kier alpha value is -1.35. The summed E-state index contributed by atoms with van der Waals surface area (Å²) >= 11 is 0. The van der Waals surface area contributed by atoms with Gasteiger partial charge >= 0.3 is 0 Å². The number of aromatic amines is 1. The van der Waals surface area contributed by atoms with Gasteiger partial charge in [0.05, 0.1) is 0 Å². The Labute approximate surface area is 190 Å². The number of piperidine rings is 1. The predicted molar refractivity (Wildman–Crippen MR) is 131 cm³/mol. The number of hydrogen-bond acceptors (Lipinski definition) is 2. The number of rotatable bonds is 8. The Kier molecular flexibility index (Phi) is 10.2. The van der Waals surface area contributed by atoms with Crippen molar-refractivity contribution in [1.82, 2.24) is 20.5 Å². The number of guanidine groups is 1. The van der Waals surface area contributed by atoms with E-state index in [2.05, 4.69) is 34.4 Å². The second-order valence-corrected chi connectivity index (χ2v) is 7.69. The third kappa shape index (κ3) is 7.13. The van der Waals surface area contributed by atoms with Gasteiger partial charge in [0.15, 0.2) is 5.96 Å². The van der Waals surface area contributed by atoms with Crippen LogP contribution in [0, 0.1) is 11.7 Å². The zero-order valence-electron chi connectivity index (χ0n) is 17.6. The molecule has 162 valence electrons. The Morgan fingerprint density at radius 3 is 2.76 bits per heavy atom. The van der Waals surface area contributed by atoms with Crippen LogP contribution in [0.25, 0.3) is 10.9 Å².